The number of aromatic amines is 1. The zero-order valence-electron chi connectivity index (χ0n) is 10.00. The van der Waals surface area contributed by atoms with Crippen molar-refractivity contribution in [2.24, 2.45) is 0 Å². The first-order chi connectivity index (χ1) is 8.20. The molecule has 0 aliphatic rings. The van der Waals surface area contributed by atoms with E-state index in [1.165, 1.54) is 12.8 Å². The molecule has 5 nitrogen and oxygen atoms in total. The Labute approximate surface area is 105 Å². The van der Waals surface area contributed by atoms with Crippen molar-refractivity contribution < 1.29 is 0 Å². The van der Waals surface area contributed by atoms with E-state index in [-0.39, 0.29) is 5.28 Å². The van der Waals surface area contributed by atoms with Gasteiger partial charge in [0, 0.05) is 6.04 Å². The molecule has 2 heterocycles. The molecule has 0 aromatic carbocycles. The van der Waals surface area contributed by atoms with E-state index in [0.29, 0.717) is 11.7 Å². The number of fused-ring (bicyclic) bond motifs is 1. The summed E-state index contributed by atoms with van der Waals surface area (Å²) in [7, 11) is 0. The molecule has 0 bridgehead atoms. The van der Waals surface area contributed by atoms with Crippen LogP contribution in [0, 0.1) is 0 Å². The Morgan fingerprint density at radius 1 is 1.47 bits per heavy atom. The first-order valence-corrected chi connectivity index (χ1v) is 6.21. The van der Waals surface area contributed by atoms with E-state index in [9.17, 15) is 0 Å². The summed E-state index contributed by atoms with van der Waals surface area (Å²) in [6.45, 7) is 4.32. The number of unbranched alkanes of at least 4 members (excludes halogenated alkanes) is 1. The van der Waals surface area contributed by atoms with E-state index in [1.807, 2.05) is 0 Å². The number of hydrogen-bond donors (Lipinski definition) is 2. The third-order valence-electron chi connectivity index (χ3n) is 2.66. The van der Waals surface area contributed by atoms with Crippen molar-refractivity contribution in [2.45, 2.75) is 39.2 Å². The predicted molar refractivity (Wildman–Crippen MR) is 69.3 cm³/mol. The summed E-state index contributed by atoms with van der Waals surface area (Å²) in [5.41, 5.74) is 0.662. The molecular formula is C11H16ClN5. The van der Waals surface area contributed by atoms with Crippen LogP contribution in [0.15, 0.2) is 6.20 Å². The predicted octanol–water partition coefficient (Wildman–Crippen LogP) is 3.00. The topological polar surface area (TPSA) is 66.5 Å². The van der Waals surface area contributed by atoms with Crippen molar-refractivity contribution in [3.8, 4) is 0 Å². The smallest absolute Gasteiger partial charge is 0.226 e. The molecule has 2 rings (SSSR count). The molecule has 0 aliphatic carbocycles. The summed E-state index contributed by atoms with van der Waals surface area (Å²) >= 11 is 5.86. The van der Waals surface area contributed by atoms with Crippen molar-refractivity contribution in [2.75, 3.05) is 5.32 Å². The lowest BCUT2D eigenvalue weighted by Crippen LogP contribution is -2.16. The van der Waals surface area contributed by atoms with E-state index < -0.39 is 0 Å². The van der Waals surface area contributed by atoms with Crippen molar-refractivity contribution in [3.63, 3.8) is 0 Å². The lowest BCUT2D eigenvalue weighted by Gasteiger charge is -2.14. The lowest BCUT2D eigenvalue weighted by molar-refractivity contribution is 0.643. The number of halogens is 1. The van der Waals surface area contributed by atoms with Crippen LogP contribution in [0.5, 0.6) is 0 Å². The van der Waals surface area contributed by atoms with Gasteiger partial charge in [0.05, 0.1) is 11.6 Å². The Kier molecular flexibility index (Phi) is 3.78. The first-order valence-electron chi connectivity index (χ1n) is 5.84. The number of nitrogens with zero attached hydrogens (tertiary/aromatic N) is 3. The standard InChI is InChI=1S/C11H16ClN5/c1-3-4-5-7(2)14-9-8-6-13-17-10(8)16-11(12)15-9/h6-7H,3-5H2,1-2H3,(H2,13,14,15,16,17). The molecule has 92 valence electrons. The Morgan fingerprint density at radius 3 is 3.06 bits per heavy atom. The molecule has 0 fully saturated rings. The Morgan fingerprint density at radius 2 is 2.29 bits per heavy atom. The summed E-state index contributed by atoms with van der Waals surface area (Å²) in [5, 5.41) is 11.2. The summed E-state index contributed by atoms with van der Waals surface area (Å²) < 4.78 is 0. The van der Waals surface area contributed by atoms with Crippen LogP contribution in [0.2, 0.25) is 5.28 Å². The van der Waals surface area contributed by atoms with E-state index in [2.05, 4.69) is 39.3 Å². The van der Waals surface area contributed by atoms with Gasteiger partial charge in [-0.25, -0.2) is 0 Å². The molecule has 2 aromatic heterocycles. The highest BCUT2D eigenvalue weighted by Crippen LogP contribution is 2.21. The van der Waals surface area contributed by atoms with Crippen LogP contribution >= 0.6 is 11.6 Å². The molecule has 0 saturated carbocycles. The van der Waals surface area contributed by atoms with Crippen LogP contribution in [0.25, 0.3) is 11.0 Å². The van der Waals surface area contributed by atoms with Gasteiger partial charge >= 0.3 is 0 Å². The largest absolute Gasteiger partial charge is 0.367 e. The van der Waals surface area contributed by atoms with Gasteiger partial charge in [0.15, 0.2) is 5.65 Å². The molecule has 0 spiro atoms. The molecule has 0 amide bonds. The maximum atomic E-state index is 5.86. The molecule has 0 aliphatic heterocycles. The van der Waals surface area contributed by atoms with Gasteiger partial charge in [-0.2, -0.15) is 15.1 Å². The number of aromatic nitrogens is 4. The van der Waals surface area contributed by atoms with Gasteiger partial charge in [0.25, 0.3) is 0 Å². The molecule has 1 unspecified atom stereocenters. The molecule has 0 saturated heterocycles. The minimum Gasteiger partial charge on any atom is -0.367 e. The van der Waals surface area contributed by atoms with E-state index in [1.54, 1.807) is 6.20 Å². The quantitative estimate of drug-likeness (QED) is 0.804. The van der Waals surface area contributed by atoms with Crippen LogP contribution in [0.3, 0.4) is 0 Å². The number of rotatable bonds is 5. The number of hydrogen-bond acceptors (Lipinski definition) is 4. The van der Waals surface area contributed by atoms with Crippen LogP contribution in [0.1, 0.15) is 33.1 Å². The van der Waals surface area contributed by atoms with Crippen molar-refractivity contribution >= 4 is 28.5 Å². The van der Waals surface area contributed by atoms with Crippen LogP contribution in [-0.4, -0.2) is 26.2 Å². The SMILES string of the molecule is CCCCC(C)Nc1nc(Cl)nc2[nH]ncc12. The molecule has 2 N–H and O–H groups in total. The van der Waals surface area contributed by atoms with Crippen molar-refractivity contribution in [1.29, 1.82) is 0 Å². The first kappa shape index (κ1) is 12.1. The van der Waals surface area contributed by atoms with E-state index in [0.717, 1.165) is 17.6 Å². The minimum absolute atomic E-state index is 0.229. The van der Waals surface area contributed by atoms with Gasteiger partial charge in [-0.15, -0.1) is 0 Å². The second-order valence-electron chi connectivity index (χ2n) is 4.16. The molecule has 0 radical (unpaired) electrons. The van der Waals surface area contributed by atoms with Gasteiger partial charge in [0.2, 0.25) is 5.28 Å². The molecule has 1 atom stereocenters. The van der Waals surface area contributed by atoms with E-state index in [4.69, 9.17) is 11.6 Å². The highest BCUT2D eigenvalue weighted by molar-refractivity contribution is 6.28. The van der Waals surface area contributed by atoms with Crippen LogP contribution < -0.4 is 5.32 Å². The maximum absolute atomic E-state index is 5.86. The molecular weight excluding hydrogens is 238 g/mol. The van der Waals surface area contributed by atoms with Gasteiger partial charge in [-0.1, -0.05) is 19.8 Å². The fourth-order valence-electron chi connectivity index (χ4n) is 1.73. The second kappa shape index (κ2) is 5.31. The van der Waals surface area contributed by atoms with E-state index >= 15 is 0 Å². The summed E-state index contributed by atoms with van der Waals surface area (Å²) in [6, 6.07) is 0.360. The number of anilines is 1. The van der Waals surface area contributed by atoms with Gasteiger partial charge in [-0.05, 0) is 24.9 Å². The Bertz CT molecular complexity index is 496. The highest BCUT2D eigenvalue weighted by atomic mass is 35.5. The number of nitrogens with one attached hydrogen (secondary N) is 2. The number of H-pyrrole nitrogens is 1. The summed E-state index contributed by atoms with van der Waals surface area (Å²) in [4.78, 5) is 8.27. The van der Waals surface area contributed by atoms with Crippen molar-refractivity contribution in [3.05, 3.63) is 11.5 Å². The monoisotopic (exact) mass is 253 g/mol. The van der Waals surface area contributed by atoms with Crippen LogP contribution in [0.4, 0.5) is 5.82 Å². The minimum atomic E-state index is 0.229. The molecule has 17 heavy (non-hydrogen) atoms. The molecule has 6 heteroatoms. The zero-order chi connectivity index (χ0) is 12.3. The maximum Gasteiger partial charge on any atom is 0.226 e. The van der Waals surface area contributed by atoms with Gasteiger partial charge < -0.3 is 5.32 Å². The lowest BCUT2D eigenvalue weighted by atomic mass is 10.1. The van der Waals surface area contributed by atoms with Crippen LogP contribution in [-0.2, 0) is 0 Å². The Hall–Kier alpha value is -1.36. The van der Waals surface area contributed by atoms with Crippen molar-refractivity contribution in [1.82, 2.24) is 20.2 Å². The summed E-state index contributed by atoms with van der Waals surface area (Å²) in [6.07, 6.45) is 5.21. The molecule has 2 aromatic rings. The third kappa shape index (κ3) is 2.85. The zero-order valence-corrected chi connectivity index (χ0v) is 10.8. The highest BCUT2D eigenvalue weighted by Gasteiger charge is 2.10. The van der Waals surface area contributed by atoms with Gasteiger partial charge in [0.1, 0.15) is 5.82 Å². The Balaban J connectivity index is 2.19. The third-order valence-corrected chi connectivity index (χ3v) is 2.83. The second-order valence-corrected chi connectivity index (χ2v) is 4.50. The average molecular weight is 254 g/mol. The van der Waals surface area contributed by atoms with Gasteiger partial charge in [-0.3, -0.25) is 5.10 Å². The average Bonchev–Trinajstić information content (AvgIpc) is 2.74. The normalized spacial score (nSPS) is 12.9. The fraction of sp³-hybridized carbons (Fsp3) is 0.545. The summed E-state index contributed by atoms with van der Waals surface area (Å²) in [5.74, 6) is 0.748. The fourth-order valence-corrected chi connectivity index (χ4v) is 1.90.